The number of carbonyl (C=O) groups is 4. The molecule has 0 radical (unpaired) electrons. The third-order valence-electron chi connectivity index (χ3n) is 25.6. The van der Waals surface area contributed by atoms with E-state index in [1.807, 2.05) is 33.8 Å². The van der Waals surface area contributed by atoms with Crippen LogP contribution in [0.3, 0.4) is 0 Å². The second-order valence-corrected chi connectivity index (χ2v) is 33.7. The molecular weight excluding hydrogens is 1340 g/mol. The van der Waals surface area contributed by atoms with E-state index in [2.05, 4.69) is 61.3 Å². The molecule has 5 saturated carbocycles. The van der Waals surface area contributed by atoms with E-state index in [0.29, 0.717) is 107 Å². The highest BCUT2D eigenvalue weighted by Gasteiger charge is 2.70. The van der Waals surface area contributed by atoms with Crippen molar-refractivity contribution in [3.05, 3.63) is 127 Å². The van der Waals surface area contributed by atoms with Crippen molar-refractivity contribution in [1.82, 2.24) is 0 Å². The number of phenols is 4. The molecule has 0 spiro atoms. The van der Waals surface area contributed by atoms with Gasteiger partial charge in [0.05, 0.1) is 16.8 Å². The largest absolute Gasteiger partial charge is 0.508 e. The van der Waals surface area contributed by atoms with Crippen LogP contribution in [0.25, 0.3) is 0 Å². The van der Waals surface area contributed by atoms with E-state index in [9.17, 15) is 75.3 Å². The third-order valence-corrected chi connectivity index (χ3v) is 25.6. The quantitative estimate of drug-likeness (QED) is 0.0273. The first-order chi connectivity index (χ1) is 49.3. The van der Waals surface area contributed by atoms with Gasteiger partial charge in [0.1, 0.15) is 92.2 Å². The Bertz CT molecular complexity index is 4030. The number of hydrogen-bond donors (Lipinski definition) is 11. The lowest BCUT2D eigenvalue weighted by Crippen LogP contribution is -2.59. The van der Waals surface area contributed by atoms with Crippen LogP contribution in [0.5, 0.6) is 46.0 Å². The van der Waals surface area contributed by atoms with Gasteiger partial charge in [0.15, 0.2) is 0 Å². The number of carboxylic acids is 4. The molecular formula is C86H116O19. The summed E-state index contributed by atoms with van der Waals surface area (Å²) in [5.41, 5.74) is 4.50. The number of benzene rings is 4. The number of aromatic hydroxyl groups is 4. The predicted octanol–water partition coefficient (Wildman–Crippen LogP) is 17.6. The Morgan fingerprint density at radius 2 is 0.790 bits per heavy atom. The van der Waals surface area contributed by atoms with Gasteiger partial charge in [-0.05, 0) is 220 Å². The Morgan fingerprint density at radius 3 is 1.16 bits per heavy atom. The van der Waals surface area contributed by atoms with Crippen molar-refractivity contribution in [2.24, 2.45) is 35.0 Å². The fourth-order valence-corrected chi connectivity index (χ4v) is 20.2. The molecule has 19 heteroatoms. The van der Waals surface area contributed by atoms with E-state index in [0.717, 1.165) is 124 Å². The molecule has 5 fully saturated rings. The summed E-state index contributed by atoms with van der Waals surface area (Å²) in [6, 6.07) is 6.99. The van der Waals surface area contributed by atoms with Gasteiger partial charge in [0.25, 0.3) is 0 Å². The van der Waals surface area contributed by atoms with Crippen LogP contribution in [0.1, 0.15) is 315 Å². The Kier molecular flexibility index (Phi) is 23.2. The van der Waals surface area contributed by atoms with Gasteiger partial charge in [0.2, 0.25) is 0 Å². The number of hydrogen-bond acceptors (Lipinski definition) is 15. The first kappa shape index (κ1) is 79.8. The normalized spacial score (nSPS) is 30.3. The minimum atomic E-state index is -1.14. The Hall–Kier alpha value is -7.74. The maximum atomic E-state index is 12.1. The average molecular weight is 1450 g/mol. The Morgan fingerprint density at radius 1 is 0.438 bits per heavy atom. The first-order valence-corrected chi connectivity index (χ1v) is 38.6. The molecule has 16 atom stereocenters. The van der Waals surface area contributed by atoms with Gasteiger partial charge >= 0.3 is 23.9 Å². The molecule has 13 rings (SSSR count). The van der Waals surface area contributed by atoms with E-state index >= 15 is 0 Å². The molecule has 4 aliphatic heterocycles. The van der Waals surface area contributed by atoms with Crippen LogP contribution in [0.15, 0.2) is 60.7 Å². The summed E-state index contributed by atoms with van der Waals surface area (Å²) < 4.78 is 24.7. The van der Waals surface area contributed by atoms with Gasteiger partial charge in [-0.2, -0.15) is 0 Å². The van der Waals surface area contributed by atoms with E-state index in [1.54, 1.807) is 39.0 Å². The van der Waals surface area contributed by atoms with Gasteiger partial charge in [-0.1, -0.05) is 123 Å². The Balaban J connectivity index is 0.000000150. The number of phenolic OH excluding ortho intramolecular Hbond substituents is 1. The molecule has 0 amide bonds. The van der Waals surface area contributed by atoms with Crippen molar-refractivity contribution >= 4 is 23.9 Å². The summed E-state index contributed by atoms with van der Waals surface area (Å²) in [6.45, 7) is 38.2. The molecule has 0 saturated heterocycles. The van der Waals surface area contributed by atoms with E-state index in [1.165, 1.54) is 0 Å². The first-order valence-electron chi connectivity index (χ1n) is 38.6. The topological polar surface area (TPSA) is 328 Å². The third kappa shape index (κ3) is 14.5. The van der Waals surface area contributed by atoms with Gasteiger partial charge < -0.3 is 75.1 Å². The zero-order valence-electron chi connectivity index (χ0n) is 64.1. The maximum Gasteiger partial charge on any atom is 0.339 e. The van der Waals surface area contributed by atoms with Crippen molar-refractivity contribution in [3.63, 3.8) is 0 Å². The van der Waals surface area contributed by atoms with Crippen LogP contribution in [0.2, 0.25) is 0 Å². The van der Waals surface area contributed by atoms with E-state index in [4.69, 9.17) is 18.9 Å². The standard InChI is InChI=1S/2C22H30O5.C22H30O4.C20H26O5/c1-5-6-7-8-13-11-15-18(19(23)16(13)21(24)25)17-14(12(2)3)9-10-22(4,26)20(17)27-15;1-5-6-7-8-13-11-15(23)18-17-14(12(2)3)9-10-22(4,26)20(17)27-19(18)16(13)21(24)25;1-5-6-7-8-12-11-14-16(19(23)15(12)20(24)25)18-17-13(21(18,2)3)9-10-22(17,4)26-14;1-5-6-11-9-13-16(17(21)14(11)19(22)23)15-12(10(2)3)7-8-20(4,24)18(15)25-13/h2*11,14,17,20,23,26H,2,5-10H2,1,3-4H3,(H,24,25);11,13,17-18,23H,5-10H2,1-4H3,(H,24,25);9,12,15,18,21,24H,2,5-8H2,1,3-4H3,(H,22,23)/t2*14-,17+,20-,22-;13?,17-,18-,22-;12-,15+,18-,20-/m0010/s1. The van der Waals surface area contributed by atoms with Crippen LogP contribution in [-0.4, -0.2) is 121 Å². The Labute approximate surface area is 619 Å². The molecule has 4 heterocycles. The van der Waals surface area contributed by atoms with Gasteiger partial charge in [-0.3, -0.25) is 0 Å². The summed E-state index contributed by atoms with van der Waals surface area (Å²) in [5.74, 6) is -2.42. The lowest BCUT2D eigenvalue weighted by molar-refractivity contribution is -0.121. The number of aliphatic hydroxyl groups is 3. The minimum absolute atomic E-state index is 0.0280. The fraction of sp³-hybridized carbons (Fsp3) is 0.605. The molecule has 0 bridgehead atoms. The number of ether oxygens (including phenoxy) is 4. The van der Waals surface area contributed by atoms with Crippen molar-refractivity contribution in [2.75, 3.05) is 0 Å². The van der Waals surface area contributed by atoms with Crippen LogP contribution < -0.4 is 18.9 Å². The molecule has 1 unspecified atom stereocenters. The molecule has 11 N–H and O–H groups in total. The number of aromatic carboxylic acids is 4. The molecule has 9 aliphatic rings. The number of carboxylic acid groups (broad SMARTS) is 4. The highest BCUT2D eigenvalue weighted by molar-refractivity contribution is 5.96. The molecule has 19 nitrogen and oxygen atoms in total. The van der Waals surface area contributed by atoms with Crippen LogP contribution in [-0.2, 0) is 25.7 Å². The zero-order chi connectivity index (χ0) is 77.2. The SMILES string of the molecule is C=C(C)[C@@H]1CC[C@](C)(O)[C@H]2Oc3c(C(=O)O)c(CCCCC)cc(O)c3[C@@H]12.C=C(C)[C@@H]1CC[C@](C)(O)[C@H]2Oc3cc(CCC)c(C(=O)O)c(O)c3[C@@H]12.C=C(C)[C@@H]1CC[C@](C)(O)[C@H]2Oc3cc(CCCCC)c(C(=O)O)c(O)c3[C@@H]12.CCCCCc1cc2c(c(O)c1C(=O)O)[C@@H]1[C@H]3C(CC[C@@]3(C)O2)C1(C)C. The molecule has 105 heavy (non-hydrogen) atoms. The van der Waals surface area contributed by atoms with E-state index < -0.39 is 59.0 Å². The van der Waals surface area contributed by atoms with Crippen molar-refractivity contribution < 1.29 is 94.3 Å². The van der Waals surface area contributed by atoms with Crippen LogP contribution in [0.4, 0.5) is 0 Å². The van der Waals surface area contributed by atoms with Crippen molar-refractivity contribution in [1.29, 1.82) is 0 Å². The van der Waals surface area contributed by atoms with Gasteiger partial charge in [-0.25, -0.2) is 19.2 Å². The molecule has 4 aromatic carbocycles. The second kappa shape index (κ2) is 30.5. The fourth-order valence-electron chi connectivity index (χ4n) is 20.2. The summed E-state index contributed by atoms with van der Waals surface area (Å²) in [4.78, 5) is 47.7. The average Bonchev–Trinajstić information content (AvgIpc) is 1.59. The molecule has 5 aliphatic carbocycles. The molecule has 4 aromatic rings. The number of fused-ring (bicyclic) bond motifs is 11. The number of aryl methyl sites for hydroxylation is 4. The highest BCUT2D eigenvalue weighted by atomic mass is 16.5. The lowest BCUT2D eigenvalue weighted by atomic mass is 9.45. The van der Waals surface area contributed by atoms with E-state index in [-0.39, 0.29) is 103 Å². The molecule has 574 valence electrons. The smallest absolute Gasteiger partial charge is 0.339 e. The van der Waals surface area contributed by atoms with Crippen LogP contribution in [0, 0.1) is 35.0 Å². The van der Waals surface area contributed by atoms with Crippen molar-refractivity contribution in [2.45, 2.75) is 296 Å². The molecule has 0 aromatic heterocycles. The van der Waals surface area contributed by atoms with Gasteiger partial charge in [-0.15, -0.1) is 0 Å². The van der Waals surface area contributed by atoms with Crippen molar-refractivity contribution in [3.8, 4) is 46.0 Å². The second-order valence-electron chi connectivity index (χ2n) is 33.7. The highest BCUT2D eigenvalue weighted by Crippen LogP contribution is 2.75. The predicted molar refractivity (Wildman–Crippen MR) is 402 cm³/mol. The lowest BCUT2D eigenvalue weighted by Gasteiger charge is -2.62. The monoisotopic (exact) mass is 1450 g/mol. The van der Waals surface area contributed by atoms with Crippen LogP contribution >= 0.6 is 0 Å². The number of unbranched alkanes of at least 4 members (excludes halogenated alkanes) is 6. The summed E-state index contributed by atoms with van der Waals surface area (Å²) in [7, 11) is 0. The summed E-state index contributed by atoms with van der Waals surface area (Å²) in [5, 5.41) is 115. The summed E-state index contributed by atoms with van der Waals surface area (Å²) >= 11 is 0. The maximum absolute atomic E-state index is 12.1. The number of rotatable bonds is 21. The minimum Gasteiger partial charge on any atom is -0.508 e. The summed E-state index contributed by atoms with van der Waals surface area (Å²) in [6.07, 6.45) is 16.4. The number of allylic oxidation sites excluding steroid dienone is 3. The zero-order valence-corrected chi connectivity index (χ0v) is 64.1. The van der Waals surface area contributed by atoms with Gasteiger partial charge in [0, 0.05) is 51.8 Å².